The van der Waals surface area contributed by atoms with E-state index in [1.54, 1.807) is 0 Å². The van der Waals surface area contributed by atoms with Crippen molar-refractivity contribution in [3.63, 3.8) is 0 Å². The predicted molar refractivity (Wildman–Crippen MR) is 71.7 cm³/mol. The summed E-state index contributed by atoms with van der Waals surface area (Å²) in [5.41, 5.74) is 0.586. The summed E-state index contributed by atoms with van der Waals surface area (Å²) in [6.07, 6.45) is 0.226. The minimum Gasteiger partial charge on any atom is -0.543 e. The maximum absolute atomic E-state index is 11.1. The van der Waals surface area contributed by atoms with Crippen molar-refractivity contribution in [1.29, 1.82) is 0 Å². The summed E-state index contributed by atoms with van der Waals surface area (Å²) in [6.45, 7) is 1.57. The van der Waals surface area contributed by atoms with Crippen LogP contribution in [0.2, 0.25) is 0 Å². The number of carbonyl (C=O) groups is 2. The maximum Gasteiger partial charge on any atom is 0.270 e. The number of carboxylic acid groups (broad SMARTS) is 1. The lowest BCUT2D eigenvalue weighted by molar-refractivity contribution is -0.384. The van der Waals surface area contributed by atoms with Gasteiger partial charge in [0.2, 0.25) is 5.91 Å². The number of non-ortho nitro benzene ring substituents is 1. The van der Waals surface area contributed by atoms with Crippen LogP contribution in [-0.2, 0) is 11.2 Å². The van der Waals surface area contributed by atoms with Crippen LogP contribution in [0.15, 0.2) is 18.2 Å². The summed E-state index contributed by atoms with van der Waals surface area (Å²) in [5.74, 6) is -1.64. The number of hydrogen-bond acceptors (Lipinski definition) is 5. The third-order valence-electron chi connectivity index (χ3n) is 3.05. The van der Waals surface area contributed by atoms with Gasteiger partial charge in [0.25, 0.3) is 5.69 Å². The molecule has 0 spiro atoms. The molecule has 8 heteroatoms. The lowest BCUT2D eigenvalue weighted by atomic mass is 10.1. The van der Waals surface area contributed by atoms with Gasteiger partial charge in [-0.1, -0.05) is 0 Å². The standard InChI is InChI=1S/C13H13N3O5/c1-7(17)14-5-4-9-10-6-8(16(20)21)2-3-11(10)15-12(9)13(18)19/h2-3,6,15H,4-5H2,1H3,(H,14,17)(H,18,19)/p-1. The van der Waals surface area contributed by atoms with Gasteiger partial charge in [-0.15, -0.1) is 0 Å². The highest BCUT2D eigenvalue weighted by molar-refractivity contribution is 5.97. The van der Waals surface area contributed by atoms with Crippen molar-refractivity contribution < 1.29 is 19.6 Å². The van der Waals surface area contributed by atoms with E-state index >= 15 is 0 Å². The number of rotatable bonds is 5. The van der Waals surface area contributed by atoms with Crippen molar-refractivity contribution in [3.05, 3.63) is 39.6 Å². The fourth-order valence-corrected chi connectivity index (χ4v) is 2.15. The van der Waals surface area contributed by atoms with Gasteiger partial charge in [-0.3, -0.25) is 14.9 Å². The second kappa shape index (κ2) is 5.61. The zero-order chi connectivity index (χ0) is 15.6. The lowest BCUT2D eigenvalue weighted by Gasteiger charge is -2.06. The number of nitrogens with one attached hydrogen (secondary N) is 2. The first-order valence-corrected chi connectivity index (χ1v) is 6.15. The SMILES string of the molecule is CC(=O)NCCc1c(C(=O)[O-])[nH]c2ccc([N+](=O)[O-])cc12. The minimum atomic E-state index is -1.40. The number of benzene rings is 1. The molecule has 8 nitrogen and oxygen atoms in total. The van der Waals surface area contributed by atoms with E-state index in [1.807, 2.05) is 0 Å². The van der Waals surface area contributed by atoms with Crippen molar-refractivity contribution in [3.8, 4) is 0 Å². The van der Waals surface area contributed by atoms with Gasteiger partial charge in [-0.2, -0.15) is 0 Å². The molecule has 1 aromatic carbocycles. The van der Waals surface area contributed by atoms with E-state index in [1.165, 1.54) is 25.1 Å². The fraction of sp³-hybridized carbons (Fsp3) is 0.231. The molecular weight excluding hydrogens is 278 g/mol. The Balaban J connectivity index is 2.48. The Hall–Kier alpha value is -2.90. The highest BCUT2D eigenvalue weighted by atomic mass is 16.6. The van der Waals surface area contributed by atoms with Crippen LogP contribution < -0.4 is 10.4 Å². The summed E-state index contributed by atoms with van der Waals surface area (Å²) in [7, 11) is 0. The second-order valence-corrected chi connectivity index (χ2v) is 4.49. The molecule has 0 atom stereocenters. The van der Waals surface area contributed by atoms with E-state index in [2.05, 4.69) is 10.3 Å². The number of aromatic amines is 1. The molecule has 0 aliphatic heterocycles. The minimum absolute atomic E-state index is 0.129. The summed E-state index contributed by atoms with van der Waals surface area (Å²) in [5, 5.41) is 24.9. The third kappa shape index (κ3) is 2.99. The molecule has 2 rings (SSSR count). The largest absolute Gasteiger partial charge is 0.543 e. The van der Waals surface area contributed by atoms with Gasteiger partial charge in [-0.05, 0) is 18.1 Å². The Morgan fingerprint density at radius 2 is 2.10 bits per heavy atom. The third-order valence-corrected chi connectivity index (χ3v) is 3.05. The number of nitro groups is 1. The number of fused-ring (bicyclic) bond motifs is 1. The van der Waals surface area contributed by atoms with Crippen molar-refractivity contribution in [1.82, 2.24) is 10.3 Å². The van der Waals surface area contributed by atoms with E-state index in [9.17, 15) is 24.8 Å². The average molecular weight is 290 g/mol. The smallest absolute Gasteiger partial charge is 0.270 e. The molecule has 0 unspecified atom stereocenters. The van der Waals surface area contributed by atoms with Crippen molar-refractivity contribution in [2.45, 2.75) is 13.3 Å². The number of nitro benzene ring substituents is 1. The first-order valence-electron chi connectivity index (χ1n) is 6.15. The van der Waals surface area contributed by atoms with Gasteiger partial charge in [0.1, 0.15) is 0 Å². The molecule has 2 N–H and O–H groups in total. The predicted octanol–water partition coefficient (Wildman–Crippen LogP) is 0.118. The summed E-state index contributed by atoms with van der Waals surface area (Å²) in [6, 6.07) is 4.04. The van der Waals surface area contributed by atoms with Crippen LogP contribution in [-0.4, -0.2) is 28.3 Å². The Morgan fingerprint density at radius 3 is 2.67 bits per heavy atom. The van der Waals surface area contributed by atoms with E-state index in [4.69, 9.17) is 0 Å². The molecule has 1 heterocycles. The molecule has 0 saturated carbocycles. The average Bonchev–Trinajstić information content (AvgIpc) is 2.76. The fourth-order valence-electron chi connectivity index (χ4n) is 2.15. The van der Waals surface area contributed by atoms with Crippen LogP contribution in [0.4, 0.5) is 5.69 Å². The first kappa shape index (κ1) is 14.5. The van der Waals surface area contributed by atoms with E-state index in [0.717, 1.165) is 0 Å². The number of H-pyrrole nitrogens is 1. The van der Waals surface area contributed by atoms with Crippen molar-refractivity contribution in [2.75, 3.05) is 6.54 Å². The molecule has 1 amide bonds. The molecule has 0 aliphatic carbocycles. The molecule has 2 aromatic rings. The summed E-state index contributed by atoms with van der Waals surface area (Å²) in [4.78, 5) is 34.9. The maximum atomic E-state index is 11.1. The normalized spacial score (nSPS) is 10.5. The van der Waals surface area contributed by atoms with Crippen LogP contribution >= 0.6 is 0 Å². The van der Waals surface area contributed by atoms with Gasteiger partial charge in [0.05, 0.1) is 16.6 Å². The molecule has 0 fully saturated rings. The van der Waals surface area contributed by atoms with Crippen LogP contribution in [0.1, 0.15) is 23.0 Å². The molecule has 0 aliphatic rings. The zero-order valence-corrected chi connectivity index (χ0v) is 11.1. The molecule has 0 bridgehead atoms. The van der Waals surface area contributed by atoms with E-state index < -0.39 is 10.9 Å². The number of amides is 1. The summed E-state index contributed by atoms with van der Waals surface area (Å²) < 4.78 is 0. The van der Waals surface area contributed by atoms with Gasteiger partial charge in [0, 0.05) is 36.5 Å². The van der Waals surface area contributed by atoms with Crippen molar-refractivity contribution in [2.24, 2.45) is 0 Å². The molecule has 0 radical (unpaired) electrons. The highest BCUT2D eigenvalue weighted by Gasteiger charge is 2.15. The number of carbonyl (C=O) groups excluding carboxylic acids is 2. The Kier molecular flexibility index (Phi) is 3.88. The van der Waals surface area contributed by atoms with Crippen molar-refractivity contribution >= 4 is 28.5 Å². The van der Waals surface area contributed by atoms with Gasteiger partial charge in [-0.25, -0.2) is 0 Å². The molecule has 0 saturated heterocycles. The van der Waals surface area contributed by atoms with Crippen LogP contribution in [0, 0.1) is 10.1 Å². The van der Waals surface area contributed by atoms with Gasteiger partial charge < -0.3 is 20.2 Å². The van der Waals surface area contributed by atoms with Crippen LogP contribution in [0.5, 0.6) is 0 Å². The van der Waals surface area contributed by atoms with Crippen LogP contribution in [0.3, 0.4) is 0 Å². The Labute approximate surface area is 118 Å². The summed E-state index contributed by atoms with van der Waals surface area (Å²) >= 11 is 0. The van der Waals surface area contributed by atoms with E-state index in [-0.39, 0.29) is 30.3 Å². The van der Waals surface area contributed by atoms with Gasteiger partial charge >= 0.3 is 0 Å². The van der Waals surface area contributed by atoms with Gasteiger partial charge in [0.15, 0.2) is 0 Å². The quantitative estimate of drug-likeness (QED) is 0.597. The Bertz CT molecular complexity index is 735. The number of aromatic nitrogens is 1. The number of hydrogen-bond donors (Lipinski definition) is 2. The van der Waals surface area contributed by atoms with E-state index in [0.29, 0.717) is 16.5 Å². The molecule has 1 aromatic heterocycles. The highest BCUT2D eigenvalue weighted by Crippen LogP contribution is 2.26. The number of carboxylic acids is 1. The molecule has 21 heavy (non-hydrogen) atoms. The van der Waals surface area contributed by atoms with Crippen LogP contribution in [0.25, 0.3) is 10.9 Å². The molecular formula is C13H12N3O5-. The second-order valence-electron chi connectivity index (χ2n) is 4.49. The zero-order valence-electron chi connectivity index (χ0n) is 11.1. The topological polar surface area (TPSA) is 128 Å². The lowest BCUT2D eigenvalue weighted by Crippen LogP contribution is -2.26. The Morgan fingerprint density at radius 1 is 1.38 bits per heavy atom. The number of nitrogens with zero attached hydrogens (tertiary/aromatic N) is 1. The molecule has 110 valence electrons. The number of aromatic carboxylic acids is 1. The first-order chi connectivity index (χ1) is 9.90. The monoisotopic (exact) mass is 290 g/mol.